The molecule has 0 aliphatic rings. The van der Waals surface area contributed by atoms with Gasteiger partial charge in [0.2, 0.25) is 0 Å². The highest BCUT2D eigenvalue weighted by molar-refractivity contribution is 5.62. The molecule has 0 aliphatic heterocycles. The molecule has 0 aromatic carbocycles. The fourth-order valence-electron chi connectivity index (χ4n) is 1.10. The number of carboxylic acids is 1. The van der Waals surface area contributed by atoms with Crippen LogP contribution in [0.3, 0.4) is 0 Å². The molecule has 14 heavy (non-hydrogen) atoms. The molecule has 1 unspecified atom stereocenters. The Hall–Kier alpha value is -1.32. The van der Waals surface area contributed by atoms with Crippen LogP contribution in [0.15, 0.2) is 18.7 Å². The zero-order valence-corrected chi connectivity index (χ0v) is 8.97. The Morgan fingerprint density at radius 1 is 1.64 bits per heavy atom. The van der Waals surface area contributed by atoms with Crippen LogP contribution < -0.4 is 0 Å². The van der Waals surface area contributed by atoms with Crippen molar-refractivity contribution in [3.05, 3.63) is 18.7 Å². The summed E-state index contributed by atoms with van der Waals surface area (Å²) in [6, 6.07) is 0.604. The Morgan fingerprint density at radius 2 is 2.21 bits per heavy atom. The van der Waals surface area contributed by atoms with Crippen LogP contribution in [-0.4, -0.2) is 20.6 Å². The first kappa shape index (κ1) is 12.7. The van der Waals surface area contributed by atoms with Gasteiger partial charge in [0.05, 0.1) is 6.33 Å². The number of carboxylic acid groups (broad SMARTS) is 1. The fourth-order valence-corrected chi connectivity index (χ4v) is 1.10. The van der Waals surface area contributed by atoms with Crippen LogP contribution in [0.1, 0.15) is 39.7 Å². The summed E-state index contributed by atoms with van der Waals surface area (Å²) in [6.45, 7) is 5.50. The van der Waals surface area contributed by atoms with E-state index < -0.39 is 5.97 Å². The smallest absolute Gasteiger partial charge is 0.300 e. The maximum atomic E-state index is 9.00. The summed E-state index contributed by atoms with van der Waals surface area (Å²) in [6.07, 6.45) is 8.18. The standard InChI is InChI=1S/C8H14N2.C2H4O2/c1-3-4-8(2)10-6-5-9-7-10;1-2(3)4/h5-8H,3-4H2,1-2H3;1H3,(H,3,4). The number of imidazole rings is 1. The van der Waals surface area contributed by atoms with Crippen molar-refractivity contribution < 1.29 is 9.90 Å². The van der Waals surface area contributed by atoms with Crippen molar-refractivity contribution in [3.8, 4) is 0 Å². The van der Waals surface area contributed by atoms with Crippen LogP contribution >= 0.6 is 0 Å². The number of carbonyl (C=O) groups is 1. The molecule has 0 saturated heterocycles. The van der Waals surface area contributed by atoms with Crippen LogP contribution in [0, 0.1) is 0 Å². The normalized spacial score (nSPS) is 11.4. The van der Waals surface area contributed by atoms with E-state index in [4.69, 9.17) is 9.90 Å². The van der Waals surface area contributed by atoms with Crippen LogP contribution in [0.25, 0.3) is 0 Å². The van der Waals surface area contributed by atoms with Gasteiger partial charge in [-0.05, 0) is 13.3 Å². The molecular formula is C10H18N2O2. The van der Waals surface area contributed by atoms with Gasteiger partial charge in [0.1, 0.15) is 0 Å². The lowest BCUT2D eigenvalue weighted by molar-refractivity contribution is -0.134. The average Bonchev–Trinajstić information content (AvgIpc) is 2.55. The molecule has 4 nitrogen and oxygen atoms in total. The van der Waals surface area contributed by atoms with Gasteiger partial charge >= 0.3 is 0 Å². The van der Waals surface area contributed by atoms with E-state index in [-0.39, 0.29) is 0 Å². The van der Waals surface area contributed by atoms with Gasteiger partial charge in [-0.25, -0.2) is 4.98 Å². The zero-order valence-electron chi connectivity index (χ0n) is 8.97. The maximum Gasteiger partial charge on any atom is 0.300 e. The summed E-state index contributed by atoms with van der Waals surface area (Å²) in [5.74, 6) is -0.833. The van der Waals surface area contributed by atoms with Gasteiger partial charge in [-0.15, -0.1) is 0 Å². The van der Waals surface area contributed by atoms with E-state index in [1.807, 2.05) is 18.7 Å². The molecule has 0 fully saturated rings. The first-order valence-corrected chi connectivity index (χ1v) is 4.74. The Labute approximate surface area is 84.6 Å². The van der Waals surface area contributed by atoms with E-state index in [0.29, 0.717) is 6.04 Å². The quantitative estimate of drug-likeness (QED) is 0.811. The number of aliphatic carboxylic acids is 1. The second-order valence-corrected chi connectivity index (χ2v) is 3.17. The molecule has 0 amide bonds. The molecule has 0 aliphatic carbocycles. The van der Waals surface area contributed by atoms with Gasteiger partial charge < -0.3 is 9.67 Å². The van der Waals surface area contributed by atoms with Crippen LogP contribution in [0.4, 0.5) is 0 Å². The Bertz CT molecular complexity index is 241. The fraction of sp³-hybridized carbons (Fsp3) is 0.600. The lowest BCUT2D eigenvalue weighted by Gasteiger charge is -2.10. The van der Waals surface area contributed by atoms with Gasteiger partial charge in [-0.2, -0.15) is 0 Å². The Morgan fingerprint density at radius 3 is 2.57 bits per heavy atom. The minimum Gasteiger partial charge on any atom is -0.481 e. The van der Waals surface area contributed by atoms with Gasteiger partial charge in [0, 0.05) is 25.4 Å². The number of nitrogens with zero attached hydrogens (tertiary/aromatic N) is 2. The largest absolute Gasteiger partial charge is 0.481 e. The number of rotatable bonds is 3. The molecular weight excluding hydrogens is 180 g/mol. The predicted octanol–water partition coefficient (Wildman–Crippen LogP) is 2.34. The van der Waals surface area contributed by atoms with Crippen molar-refractivity contribution in [2.75, 3.05) is 0 Å². The summed E-state index contributed by atoms with van der Waals surface area (Å²) < 4.78 is 2.14. The van der Waals surface area contributed by atoms with Crippen LogP contribution in [-0.2, 0) is 4.79 Å². The van der Waals surface area contributed by atoms with Crippen molar-refractivity contribution in [2.24, 2.45) is 0 Å². The molecule has 1 aromatic rings. The van der Waals surface area contributed by atoms with Crippen LogP contribution in [0.5, 0.6) is 0 Å². The third-order valence-electron chi connectivity index (χ3n) is 1.74. The second kappa shape index (κ2) is 7.12. The van der Waals surface area contributed by atoms with E-state index in [1.165, 1.54) is 12.8 Å². The van der Waals surface area contributed by atoms with Gasteiger partial charge in [-0.1, -0.05) is 13.3 Å². The summed E-state index contributed by atoms with van der Waals surface area (Å²) >= 11 is 0. The zero-order chi connectivity index (χ0) is 11.0. The molecule has 0 spiro atoms. The summed E-state index contributed by atoms with van der Waals surface area (Å²) in [5, 5.41) is 7.42. The molecule has 0 radical (unpaired) electrons. The maximum absolute atomic E-state index is 9.00. The van der Waals surface area contributed by atoms with Crippen molar-refractivity contribution in [1.29, 1.82) is 0 Å². The van der Waals surface area contributed by atoms with Crippen molar-refractivity contribution >= 4 is 5.97 Å². The lowest BCUT2D eigenvalue weighted by Crippen LogP contribution is -2.00. The number of hydrogen-bond donors (Lipinski definition) is 1. The third kappa shape index (κ3) is 6.22. The SMILES string of the molecule is CC(=O)O.CCCC(C)n1ccnc1. The molecule has 80 valence electrons. The topological polar surface area (TPSA) is 55.1 Å². The highest BCUT2D eigenvalue weighted by Gasteiger charge is 1.99. The van der Waals surface area contributed by atoms with E-state index in [0.717, 1.165) is 6.92 Å². The van der Waals surface area contributed by atoms with Gasteiger partial charge in [0.25, 0.3) is 5.97 Å². The second-order valence-electron chi connectivity index (χ2n) is 3.17. The molecule has 1 N–H and O–H groups in total. The Kier molecular flexibility index (Phi) is 6.45. The van der Waals surface area contributed by atoms with Gasteiger partial charge in [-0.3, -0.25) is 4.79 Å². The average molecular weight is 198 g/mol. The summed E-state index contributed by atoms with van der Waals surface area (Å²) in [4.78, 5) is 13.0. The van der Waals surface area contributed by atoms with Crippen molar-refractivity contribution in [1.82, 2.24) is 9.55 Å². The Balaban J connectivity index is 0.000000364. The molecule has 1 rings (SSSR count). The molecule has 0 saturated carbocycles. The number of aromatic nitrogens is 2. The third-order valence-corrected chi connectivity index (χ3v) is 1.74. The van der Waals surface area contributed by atoms with Crippen LogP contribution in [0.2, 0.25) is 0 Å². The van der Waals surface area contributed by atoms with Crippen molar-refractivity contribution in [3.63, 3.8) is 0 Å². The molecule has 0 bridgehead atoms. The van der Waals surface area contributed by atoms with E-state index in [9.17, 15) is 0 Å². The first-order chi connectivity index (χ1) is 6.57. The number of hydrogen-bond acceptors (Lipinski definition) is 2. The summed E-state index contributed by atoms with van der Waals surface area (Å²) in [5.41, 5.74) is 0. The van der Waals surface area contributed by atoms with E-state index >= 15 is 0 Å². The minimum absolute atomic E-state index is 0.604. The highest BCUT2D eigenvalue weighted by Crippen LogP contribution is 2.10. The van der Waals surface area contributed by atoms with Crippen molar-refractivity contribution in [2.45, 2.75) is 39.7 Å². The lowest BCUT2D eigenvalue weighted by atomic mass is 10.2. The monoisotopic (exact) mass is 198 g/mol. The highest BCUT2D eigenvalue weighted by atomic mass is 16.4. The molecule has 1 atom stereocenters. The van der Waals surface area contributed by atoms with Gasteiger partial charge in [0.15, 0.2) is 0 Å². The predicted molar refractivity (Wildman–Crippen MR) is 55.2 cm³/mol. The molecule has 1 heterocycles. The molecule has 4 heteroatoms. The molecule has 1 aromatic heterocycles. The first-order valence-electron chi connectivity index (χ1n) is 4.74. The summed E-state index contributed by atoms with van der Waals surface area (Å²) in [7, 11) is 0. The minimum atomic E-state index is -0.833. The van der Waals surface area contributed by atoms with E-state index in [1.54, 1.807) is 0 Å². The van der Waals surface area contributed by atoms with E-state index in [2.05, 4.69) is 23.4 Å².